The summed E-state index contributed by atoms with van der Waals surface area (Å²) in [4.78, 5) is 0. The molecule has 1 nitrogen and oxygen atoms in total. The zero-order chi connectivity index (χ0) is 11.0. The minimum Gasteiger partial charge on any atom is -0.393 e. The second-order valence-electron chi connectivity index (χ2n) is 4.89. The van der Waals surface area contributed by atoms with Crippen LogP contribution in [-0.4, -0.2) is 19.3 Å². The van der Waals surface area contributed by atoms with E-state index in [2.05, 4.69) is 38.0 Å². The van der Waals surface area contributed by atoms with Crippen molar-refractivity contribution in [1.82, 2.24) is 0 Å². The molecule has 0 rings (SSSR count). The van der Waals surface area contributed by atoms with Crippen LogP contribution in [0.2, 0.25) is 19.6 Å². The van der Waals surface area contributed by atoms with E-state index in [1.54, 1.807) is 0 Å². The van der Waals surface area contributed by atoms with Gasteiger partial charge in [-0.15, -0.1) is 11.5 Å². The van der Waals surface area contributed by atoms with Gasteiger partial charge in [-0.2, -0.15) is 0 Å². The molecule has 0 bridgehead atoms. The standard InChI is InChI=1S/C12H24OSi/c1-5-9-12(13)10-7-6-8-11-14(2,3)4/h12-13H,5-7,9-10H2,1-4H3. The average molecular weight is 212 g/mol. The summed E-state index contributed by atoms with van der Waals surface area (Å²) >= 11 is 0. The van der Waals surface area contributed by atoms with Gasteiger partial charge in [-0.05, 0) is 19.3 Å². The van der Waals surface area contributed by atoms with Crippen molar-refractivity contribution in [2.45, 2.75) is 64.8 Å². The molecule has 0 amide bonds. The summed E-state index contributed by atoms with van der Waals surface area (Å²) in [7, 11) is -1.17. The molecule has 1 N–H and O–H groups in total. The number of aliphatic hydroxyl groups is 1. The van der Waals surface area contributed by atoms with Gasteiger partial charge in [0.1, 0.15) is 8.07 Å². The van der Waals surface area contributed by atoms with E-state index >= 15 is 0 Å². The van der Waals surface area contributed by atoms with E-state index in [1.165, 1.54) is 0 Å². The highest BCUT2D eigenvalue weighted by atomic mass is 28.3. The molecule has 2 heteroatoms. The van der Waals surface area contributed by atoms with E-state index in [9.17, 15) is 5.11 Å². The lowest BCUT2D eigenvalue weighted by molar-refractivity contribution is 0.151. The summed E-state index contributed by atoms with van der Waals surface area (Å²) in [5.74, 6) is 3.22. The van der Waals surface area contributed by atoms with Crippen LogP contribution in [0.5, 0.6) is 0 Å². The van der Waals surface area contributed by atoms with Gasteiger partial charge in [-0.1, -0.05) is 33.0 Å². The summed E-state index contributed by atoms with van der Waals surface area (Å²) in [6.07, 6.45) is 4.80. The third-order valence-electron chi connectivity index (χ3n) is 1.92. The number of aliphatic hydroxyl groups excluding tert-OH is 1. The fourth-order valence-electron chi connectivity index (χ4n) is 1.23. The Balaban J connectivity index is 3.49. The molecule has 0 aliphatic heterocycles. The molecular weight excluding hydrogens is 188 g/mol. The molecule has 0 aliphatic rings. The first-order valence-corrected chi connectivity index (χ1v) is 9.14. The topological polar surface area (TPSA) is 20.2 Å². The Morgan fingerprint density at radius 2 is 1.86 bits per heavy atom. The molecule has 0 spiro atoms. The zero-order valence-corrected chi connectivity index (χ0v) is 11.1. The summed E-state index contributed by atoms with van der Waals surface area (Å²) in [5, 5.41) is 9.47. The maximum Gasteiger partial charge on any atom is 0.129 e. The Kier molecular flexibility index (Phi) is 6.95. The molecule has 0 saturated carbocycles. The van der Waals surface area contributed by atoms with E-state index < -0.39 is 8.07 Å². The lowest BCUT2D eigenvalue weighted by atomic mass is 10.1. The predicted molar refractivity (Wildman–Crippen MR) is 65.9 cm³/mol. The van der Waals surface area contributed by atoms with Crippen molar-refractivity contribution in [1.29, 1.82) is 0 Å². The number of unbranched alkanes of at least 4 members (excludes halogenated alkanes) is 1. The molecule has 1 atom stereocenters. The van der Waals surface area contributed by atoms with Crippen LogP contribution < -0.4 is 0 Å². The van der Waals surface area contributed by atoms with Crippen molar-refractivity contribution < 1.29 is 5.11 Å². The zero-order valence-electron chi connectivity index (χ0n) is 10.1. The van der Waals surface area contributed by atoms with E-state index in [4.69, 9.17) is 0 Å². The van der Waals surface area contributed by atoms with E-state index in [0.29, 0.717) is 0 Å². The van der Waals surface area contributed by atoms with E-state index in [1.807, 2.05) is 0 Å². The van der Waals surface area contributed by atoms with Gasteiger partial charge in [0, 0.05) is 6.42 Å². The van der Waals surface area contributed by atoms with Crippen molar-refractivity contribution in [2.75, 3.05) is 0 Å². The first-order chi connectivity index (χ1) is 6.45. The number of rotatable bonds is 5. The van der Waals surface area contributed by atoms with Crippen LogP contribution in [0.1, 0.15) is 39.0 Å². The Morgan fingerprint density at radius 3 is 2.36 bits per heavy atom. The van der Waals surface area contributed by atoms with Gasteiger partial charge >= 0.3 is 0 Å². The molecule has 0 aromatic heterocycles. The van der Waals surface area contributed by atoms with Crippen LogP contribution in [-0.2, 0) is 0 Å². The first-order valence-electron chi connectivity index (χ1n) is 5.64. The second-order valence-corrected chi connectivity index (χ2v) is 9.64. The average Bonchev–Trinajstić information content (AvgIpc) is 2.02. The summed E-state index contributed by atoms with van der Waals surface area (Å²) < 4.78 is 0. The minimum atomic E-state index is -1.17. The van der Waals surface area contributed by atoms with Gasteiger partial charge in [0.15, 0.2) is 0 Å². The Labute approximate surface area is 89.9 Å². The largest absolute Gasteiger partial charge is 0.393 e. The van der Waals surface area contributed by atoms with E-state index in [0.717, 1.165) is 32.1 Å². The van der Waals surface area contributed by atoms with Crippen molar-refractivity contribution >= 4 is 8.07 Å². The van der Waals surface area contributed by atoms with Crippen LogP contribution >= 0.6 is 0 Å². The molecule has 0 radical (unpaired) electrons. The summed E-state index contributed by atoms with van der Waals surface area (Å²) in [6.45, 7) is 8.87. The van der Waals surface area contributed by atoms with E-state index in [-0.39, 0.29) is 6.10 Å². The van der Waals surface area contributed by atoms with Gasteiger partial charge < -0.3 is 5.11 Å². The third kappa shape index (κ3) is 9.82. The van der Waals surface area contributed by atoms with Crippen molar-refractivity contribution in [2.24, 2.45) is 0 Å². The van der Waals surface area contributed by atoms with Gasteiger partial charge in [-0.25, -0.2) is 0 Å². The molecule has 14 heavy (non-hydrogen) atoms. The van der Waals surface area contributed by atoms with Gasteiger partial charge in [0.25, 0.3) is 0 Å². The maximum atomic E-state index is 9.47. The van der Waals surface area contributed by atoms with Gasteiger partial charge in [0.05, 0.1) is 6.10 Å². The van der Waals surface area contributed by atoms with Crippen molar-refractivity contribution in [3.05, 3.63) is 0 Å². The minimum absolute atomic E-state index is 0.103. The lowest BCUT2D eigenvalue weighted by Crippen LogP contribution is -2.16. The Bertz CT molecular complexity index is 195. The van der Waals surface area contributed by atoms with Gasteiger partial charge in [0.2, 0.25) is 0 Å². The highest BCUT2D eigenvalue weighted by Crippen LogP contribution is 2.06. The van der Waals surface area contributed by atoms with Crippen LogP contribution in [0, 0.1) is 11.5 Å². The van der Waals surface area contributed by atoms with Crippen LogP contribution in [0.3, 0.4) is 0 Å². The smallest absolute Gasteiger partial charge is 0.129 e. The summed E-state index contributed by atoms with van der Waals surface area (Å²) in [6, 6.07) is 0. The fraction of sp³-hybridized carbons (Fsp3) is 0.833. The Morgan fingerprint density at radius 1 is 1.21 bits per heavy atom. The molecule has 0 saturated heterocycles. The molecule has 1 unspecified atom stereocenters. The molecule has 0 fully saturated rings. The van der Waals surface area contributed by atoms with Gasteiger partial charge in [-0.3, -0.25) is 0 Å². The van der Waals surface area contributed by atoms with Crippen LogP contribution in [0.4, 0.5) is 0 Å². The number of hydrogen-bond acceptors (Lipinski definition) is 1. The van der Waals surface area contributed by atoms with Crippen molar-refractivity contribution in [3.63, 3.8) is 0 Å². The SMILES string of the molecule is CCCC(O)CCCC#C[Si](C)(C)C. The first kappa shape index (κ1) is 13.7. The molecule has 82 valence electrons. The van der Waals surface area contributed by atoms with Crippen LogP contribution in [0.25, 0.3) is 0 Å². The molecule has 0 aliphatic carbocycles. The number of hydrogen-bond donors (Lipinski definition) is 1. The summed E-state index contributed by atoms with van der Waals surface area (Å²) in [5.41, 5.74) is 3.33. The molecule has 0 heterocycles. The van der Waals surface area contributed by atoms with Crippen LogP contribution in [0.15, 0.2) is 0 Å². The predicted octanol–water partition coefficient (Wildman–Crippen LogP) is 3.20. The third-order valence-corrected chi connectivity index (χ3v) is 2.85. The quantitative estimate of drug-likeness (QED) is 0.421. The monoisotopic (exact) mass is 212 g/mol. The highest BCUT2D eigenvalue weighted by molar-refractivity contribution is 6.83. The Hall–Kier alpha value is -0.263. The molecule has 0 aromatic carbocycles. The molecule has 0 aromatic rings. The normalized spacial score (nSPS) is 13.2. The fourth-order valence-corrected chi connectivity index (χ4v) is 1.89. The van der Waals surface area contributed by atoms with Crippen molar-refractivity contribution in [3.8, 4) is 11.5 Å². The highest BCUT2D eigenvalue weighted by Gasteiger charge is 2.07. The lowest BCUT2D eigenvalue weighted by Gasteiger charge is -2.07. The molecular formula is C12H24OSi. The maximum absolute atomic E-state index is 9.47. The second kappa shape index (κ2) is 7.08.